The third-order valence-electron chi connectivity index (χ3n) is 5.55. The molecule has 0 bridgehead atoms. The number of carbonyl (C=O) groups excluding carboxylic acids is 1. The number of aromatic nitrogens is 2. The molecule has 5 nitrogen and oxygen atoms in total. The van der Waals surface area contributed by atoms with Gasteiger partial charge in [-0.05, 0) is 37.1 Å². The predicted octanol–water partition coefficient (Wildman–Crippen LogP) is 5.65. The van der Waals surface area contributed by atoms with Gasteiger partial charge in [0.15, 0.2) is 0 Å². The maximum atomic E-state index is 11.4. The molecule has 3 aromatic carbocycles. The van der Waals surface area contributed by atoms with Crippen molar-refractivity contribution in [2.45, 2.75) is 19.9 Å². The topological polar surface area (TPSA) is 67.2 Å². The summed E-state index contributed by atoms with van der Waals surface area (Å²) in [5, 5.41) is 8.73. The van der Waals surface area contributed by atoms with Crippen LogP contribution in [0.5, 0.6) is 0 Å². The minimum Gasteiger partial charge on any atom is -0.321 e. The summed E-state index contributed by atoms with van der Waals surface area (Å²) in [5.74, 6) is 0.288. The number of carbonyl (C=O) groups is 1. The van der Waals surface area contributed by atoms with Crippen LogP contribution >= 0.6 is 0 Å². The van der Waals surface area contributed by atoms with Crippen molar-refractivity contribution in [3.05, 3.63) is 108 Å². The fraction of sp³-hybridized carbons (Fsp3) is 0.111. The molecular formula is C27H25N3O2. The van der Waals surface area contributed by atoms with Gasteiger partial charge in [0.05, 0.1) is 11.7 Å². The van der Waals surface area contributed by atoms with Crippen molar-refractivity contribution in [1.29, 1.82) is 0 Å². The van der Waals surface area contributed by atoms with Crippen molar-refractivity contribution in [2.75, 3.05) is 0 Å². The maximum Gasteiger partial charge on any atom is 0.267 e. The van der Waals surface area contributed by atoms with Gasteiger partial charge in [0.1, 0.15) is 5.82 Å². The molecule has 0 aliphatic carbocycles. The van der Waals surface area contributed by atoms with Gasteiger partial charge in [-0.2, -0.15) is 0 Å². The first kappa shape index (κ1) is 21.3. The van der Waals surface area contributed by atoms with Crippen LogP contribution in [0.4, 0.5) is 0 Å². The molecule has 0 saturated heterocycles. The molecule has 1 heterocycles. The van der Waals surface area contributed by atoms with E-state index in [0.29, 0.717) is 0 Å². The Labute approximate surface area is 187 Å². The van der Waals surface area contributed by atoms with E-state index in [2.05, 4.69) is 42.7 Å². The molecule has 4 aromatic rings. The molecule has 5 heteroatoms. The van der Waals surface area contributed by atoms with Crippen LogP contribution in [0.25, 0.3) is 28.7 Å². The molecule has 32 heavy (non-hydrogen) atoms. The van der Waals surface area contributed by atoms with E-state index in [1.54, 1.807) is 11.6 Å². The Morgan fingerprint density at radius 2 is 1.62 bits per heavy atom. The Morgan fingerprint density at radius 1 is 0.969 bits per heavy atom. The fourth-order valence-electron chi connectivity index (χ4n) is 3.93. The zero-order valence-electron chi connectivity index (χ0n) is 18.1. The summed E-state index contributed by atoms with van der Waals surface area (Å²) in [5.41, 5.74) is 7.70. The average molecular weight is 424 g/mol. The number of imidazole rings is 1. The van der Waals surface area contributed by atoms with Crippen molar-refractivity contribution < 1.29 is 10.0 Å². The molecule has 160 valence electrons. The van der Waals surface area contributed by atoms with Crippen LogP contribution < -0.4 is 5.48 Å². The highest BCUT2D eigenvalue weighted by Gasteiger charge is 2.21. The molecule has 2 N–H and O–H groups in total. The molecule has 0 radical (unpaired) electrons. The number of rotatable bonds is 6. The average Bonchev–Trinajstić information content (AvgIpc) is 3.20. The first-order chi connectivity index (χ1) is 15.6. The van der Waals surface area contributed by atoms with Gasteiger partial charge in [-0.25, -0.2) is 10.5 Å². The van der Waals surface area contributed by atoms with E-state index < -0.39 is 5.91 Å². The second-order valence-corrected chi connectivity index (χ2v) is 7.63. The van der Waals surface area contributed by atoms with E-state index >= 15 is 0 Å². The van der Waals surface area contributed by atoms with Crippen LogP contribution in [-0.4, -0.2) is 20.7 Å². The predicted molar refractivity (Wildman–Crippen MR) is 127 cm³/mol. The summed E-state index contributed by atoms with van der Waals surface area (Å²) in [6.07, 6.45) is 2.95. The number of nitrogens with zero attached hydrogens (tertiary/aromatic N) is 2. The standard InChI is InChI=1S/C27H25N3O2/c1-19(22-11-5-3-6-12-22)30-20(2)26(23-13-7-4-8-14-23)28-27(30)24-15-9-10-21(18-24)16-17-25(31)29-32/h3-19,32H,1-2H3,(H,29,31). The van der Waals surface area contributed by atoms with Crippen molar-refractivity contribution >= 4 is 12.0 Å². The zero-order valence-corrected chi connectivity index (χ0v) is 18.1. The van der Waals surface area contributed by atoms with Gasteiger partial charge in [0.25, 0.3) is 5.91 Å². The van der Waals surface area contributed by atoms with Crippen molar-refractivity contribution in [1.82, 2.24) is 15.0 Å². The normalized spacial score (nSPS) is 12.1. The Kier molecular flexibility index (Phi) is 6.29. The summed E-state index contributed by atoms with van der Waals surface area (Å²) >= 11 is 0. The van der Waals surface area contributed by atoms with E-state index in [4.69, 9.17) is 10.2 Å². The number of hydroxylamine groups is 1. The lowest BCUT2D eigenvalue weighted by molar-refractivity contribution is -0.124. The van der Waals surface area contributed by atoms with Gasteiger partial charge in [-0.1, -0.05) is 78.9 Å². The van der Waals surface area contributed by atoms with Crippen LogP contribution in [-0.2, 0) is 4.79 Å². The third-order valence-corrected chi connectivity index (χ3v) is 5.55. The zero-order chi connectivity index (χ0) is 22.5. The van der Waals surface area contributed by atoms with Crippen LogP contribution in [0.1, 0.15) is 29.8 Å². The Morgan fingerprint density at radius 3 is 2.31 bits per heavy atom. The van der Waals surface area contributed by atoms with Crippen molar-refractivity contribution in [2.24, 2.45) is 0 Å². The number of amides is 1. The van der Waals surface area contributed by atoms with Gasteiger partial charge in [-0.3, -0.25) is 10.0 Å². The lowest BCUT2D eigenvalue weighted by Crippen LogP contribution is -2.14. The third kappa shape index (κ3) is 4.38. The van der Waals surface area contributed by atoms with E-state index in [1.165, 1.54) is 11.6 Å². The largest absolute Gasteiger partial charge is 0.321 e. The summed E-state index contributed by atoms with van der Waals surface area (Å²) in [6, 6.07) is 28.5. The second kappa shape index (κ2) is 9.45. The molecule has 0 fully saturated rings. The summed E-state index contributed by atoms with van der Waals surface area (Å²) in [4.78, 5) is 16.4. The van der Waals surface area contributed by atoms with Crippen LogP contribution in [0, 0.1) is 6.92 Å². The van der Waals surface area contributed by atoms with Gasteiger partial charge in [0.2, 0.25) is 0 Å². The first-order valence-electron chi connectivity index (χ1n) is 10.5. The Bertz CT molecular complexity index is 1240. The molecule has 1 amide bonds. The van der Waals surface area contributed by atoms with Gasteiger partial charge in [-0.15, -0.1) is 0 Å². The highest BCUT2D eigenvalue weighted by atomic mass is 16.5. The Balaban J connectivity index is 1.86. The first-order valence-corrected chi connectivity index (χ1v) is 10.5. The van der Waals surface area contributed by atoms with Crippen LogP contribution in [0.2, 0.25) is 0 Å². The molecular weight excluding hydrogens is 398 g/mol. The number of nitrogens with one attached hydrogen (secondary N) is 1. The van der Waals surface area contributed by atoms with E-state index in [9.17, 15) is 4.79 Å². The lowest BCUT2D eigenvalue weighted by atomic mass is 10.1. The number of benzene rings is 3. The SMILES string of the molecule is Cc1c(-c2ccccc2)nc(-c2cccc(C=CC(=O)NO)c2)n1C(C)c1ccccc1. The van der Waals surface area contributed by atoms with Crippen molar-refractivity contribution in [3.63, 3.8) is 0 Å². The summed E-state index contributed by atoms with van der Waals surface area (Å²) in [7, 11) is 0. The van der Waals surface area contributed by atoms with E-state index in [1.807, 2.05) is 60.7 Å². The molecule has 4 rings (SSSR count). The molecule has 1 unspecified atom stereocenters. The molecule has 0 aliphatic heterocycles. The monoisotopic (exact) mass is 423 g/mol. The minimum atomic E-state index is -0.572. The Hall–Kier alpha value is -3.96. The molecule has 1 atom stereocenters. The minimum absolute atomic E-state index is 0.0792. The fourth-order valence-corrected chi connectivity index (χ4v) is 3.93. The number of hydrogen-bond acceptors (Lipinski definition) is 3. The van der Waals surface area contributed by atoms with Gasteiger partial charge >= 0.3 is 0 Å². The molecule has 1 aromatic heterocycles. The summed E-state index contributed by atoms with van der Waals surface area (Å²) < 4.78 is 2.26. The van der Waals surface area contributed by atoms with E-state index in [0.717, 1.165) is 33.9 Å². The van der Waals surface area contributed by atoms with Crippen LogP contribution in [0.15, 0.2) is 91.0 Å². The molecule has 0 aliphatic rings. The smallest absolute Gasteiger partial charge is 0.267 e. The maximum absolute atomic E-state index is 11.4. The quantitative estimate of drug-likeness (QED) is 0.239. The van der Waals surface area contributed by atoms with Crippen LogP contribution in [0.3, 0.4) is 0 Å². The van der Waals surface area contributed by atoms with E-state index in [-0.39, 0.29) is 6.04 Å². The number of hydrogen-bond donors (Lipinski definition) is 2. The highest BCUT2D eigenvalue weighted by Crippen LogP contribution is 2.34. The van der Waals surface area contributed by atoms with Crippen molar-refractivity contribution in [3.8, 4) is 22.6 Å². The molecule has 0 saturated carbocycles. The highest BCUT2D eigenvalue weighted by molar-refractivity contribution is 5.91. The van der Waals surface area contributed by atoms with Gasteiger partial charge < -0.3 is 4.57 Å². The summed E-state index contributed by atoms with van der Waals surface area (Å²) in [6.45, 7) is 4.28. The molecule has 0 spiro atoms. The lowest BCUT2D eigenvalue weighted by Gasteiger charge is -2.19. The van der Waals surface area contributed by atoms with Gasteiger partial charge in [0, 0.05) is 22.9 Å². The second-order valence-electron chi connectivity index (χ2n) is 7.63.